The summed E-state index contributed by atoms with van der Waals surface area (Å²) >= 11 is 0. The Kier molecular flexibility index (Phi) is 6.26. The maximum Gasteiger partial charge on any atom is 0.0575 e. The Morgan fingerprint density at radius 2 is 1.87 bits per heavy atom. The molecule has 1 aliphatic rings. The normalized spacial score (nSPS) is 20.8. The summed E-state index contributed by atoms with van der Waals surface area (Å²) in [7, 11) is 0. The molecule has 0 aromatic rings. The van der Waals surface area contributed by atoms with Crippen LogP contribution >= 0.6 is 0 Å². The van der Waals surface area contributed by atoms with Gasteiger partial charge in [0.25, 0.3) is 0 Å². The van der Waals surface area contributed by atoms with Gasteiger partial charge in [-0.15, -0.1) is 0 Å². The van der Waals surface area contributed by atoms with Gasteiger partial charge in [0, 0.05) is 0 Å². The smallest absolute Gasteiger partial charge is 0.0575 e. The Morgan fingerprint density at radius 3 is 2.47 bits per heavy atom. The molecule has 1 aliphatic carbocycles. The van der Waals surface area contributed by atoms with Crippen molar-refractivity contribution in [2.45, 2.75) is 58.5 Å². The van der Waals surface area contributed by atoms with Crippen LogP contribution in [-0.2, 0) is 0 Å². The van der Waals surface area contributed by atoms with Crippen molar-refractivity contribution >= 4 is 0 Å². The standard InChI is InChI=1S/C13H27NO/c1-11(2)13(15)8-9-14-10-12-6-4-3-5-7-12/h11-15H,3-10H2,1-2H3. The van der Waals surface area contributed by atoms with E-state index >= 15 is 0 Å². The first-order valence-electron chi connectivity index (χ1n) is 6.59. The molecule has 1 rings (SSSR count). The quantitative estimate of drug-likeness (QED) is 0.665. The van der Waals surface area contributed by atoms with E-state index in [0.717, 1.165) is 25.4 Å². The minimum absolute atomic E-state index is 0.135. The molecule has 2 nitrogen and oxygen atoms in total. The van der Waals surface area contributed by atoms with Gasteiger partial charge in [-0.05, 0) is 44.2 Å². The molecule has 0 radical (unpaired) electrons. The van der Waals surface area contributed by atoms with Crippen molar-refractivity contribution in [1.82, 2.24) is 5.32 Å². The number of aliphatic hydroxyl groups is 1. The first-order valence-corrected chi connectivity index (χ1v) is 6.59. The number of aliphatic hydroxyl groups excluding tert-OH is 1. The Morgan fingerprint density at radius 1 is 1.20 bits per heavy atom. The van der Waals surface area contributed by atoms with Gasteiger partial charge in [-0.1, -0.05) is 33.1 Å². The van der Waals surface area contributed by atoms with Crippen LogP contribution in [0.25, 0.3) is 0 Å². The highest BCUT2D eigenvalue weighted by molar-refractivity contribution is 4.69. The molecule has 90 valence electrons. The molecule has 2 N–H and O–H groups in total. The Labute approximate surface area is 94.5 Å². The SMILES string of the molecule is CC(C)C(O)CCNCC1CCCCC1. The van der Waals surface area contributed by atoms with E-state index < -0.39 is 0 Å². The van der Waals surface area contributed by atoms with Crippen LogP contribution in [0, 0.1) is 11.8 Å². The monoisotopic (exact) mass is 213 g/mol. The lowest BCUT2D eigenvalue weighted by Gasteiger charge is -2.22. The number of nitrogens with one attached hydrogen (secondary N) is 1. The van der Waals surface area contributed by atoms with Gasteiger partial charge in [-0.3, -0.25) is 0 Å². The second-order valence-corrected chi connectivity index (χ2v) is 5.31. The maximum atomic E-state index is 9.62. The molecule has 1 unspecified atom stereocenters. The average Bonchev–Trinajstić information content (AvgIpc) is 2.25. The van der Waals surface area contributed by atoms with Gasteiger partial charge >= 0.3 is 0 Å². The van der Waals surface area contributed by atoms with E-state index in [-0.39, 0.29) is 6.10 Å². The average molecular weight is 213 g/mol. The number of hydrogen-bond acceptors (Lipinski definition) is 2. The summed E-state index contributed by atoms with van der Waals surface area (Å²) in [5.74, 6) is 1.29. The maximum absolute atomic E-state index is 9.62. The van der Waals surface area contributed by atoms with Crippen LogP contribution in [-0.4, -0.2) is 24.3 Å². The fraction of sp³-hybridized carbons (Fsp3) is 1.00. The topological polar surface area (TPSA) is 32.3 Å². The summed E-state index contributed by atoms with van der Waals surface area (Å²) in [6, 6.07) is 0. The van der Waals surface area contributed by atoms with Crippen molar-refractivity contribution in [3.8, 4) is 0 Å². The number of rotatable bonds is 6. The van der Waals surface area contributed by atoms with Crippen LogP contribution in [0.5, 0.6) is 0 Å². The van der Waals surface area contributed by atoms with E-state index in [1.165, 1.54) is 32.1 Å². The molecule has 1 saturated carbocycles. The zero-order valence-corrected chi connectivity index (χ0v) is 10.3. The van der Waals surface area contributed by atoms with E-state index in [0.29, 0.717) is 5.92 Å². The summed E-state index contributed by atoms with van der Waals surface area (Å²) in [5.41, 5.74) is 0. The molecule has 0 amide bonds. The molecular weight excluding hydrogens is 186 g/mol. The molecular formula is C13H27NO. The van der Waals surface area contributed by atoms with E-state index in [1.807, 2.05) is 0 Å². The van der Waals surface area contributed by atoms with E-state index in [4.69, 9.17) is 0 Å². The Bertz CT molecular complexity index is 153. The lowest BCUT2D eigenvalue weighted by Crippen LogP contribution is -2.28. The van der Waals surface area contributed by atoms with Crippen LogP contribution in [0.2, 0.25) is 0 Å². The predicted octanol–water partition coefficient (Wildman–Crippen LogP) is 2.56. The third kappa shape index (κ3) is 5.53. The van der Waals surface area contributed by atoms with Crippen molar-refractivity contribution in [1.29, 1.82) is 0 Å². The molecule has 0 saturated heterocycles. The minimum atomic E-state index is -0.135. The second kappa shape index (κ2) is 7.24. The van der Waals surface area contributed by atoms with Crippen LogP contribution in [0.1, 0.15) is 52.4 Å². The minimum Gasteiger partial charge on any atom is -0.393 e. The van der Waals surface area contributed by atoms with Crippen molar-refractivity contribution < 1.29 is 5.11 Å². The molecule has 0 aromatic carbocycles. The summed E-state index contributed by atoms with van der Waals surface area (Å²) in [6.07, 6.45) is 7.83. The van der Waals surface area contributed by atoms with Crippen LogP contribution in [0.15, 0.2) is 0 Å². The van der Waals surface area contributed by atoms with Crippen molar-refractivity contribution in [2.75, 3.05) is 13.1 Å². The lowest BCUT2D eigenvalue weighted by atomic mass is 9.89. The first-order chi connectivity index (χ1) is 7.20. The van der Waals surface area contributed by atoms with Gasteiger partial charge in [0.05, 0.1) is 6.10 Å². The molecule has 2 heteroatoms. The van der Waals surface area contributed by atoms with Crippen molar-refractivity contribution in [3.05, 3.63) is 0 Å². The van der Waals surface area contributed by atoms with Gasteiger partial charge in [-0.2, -0.15) is 0 Å². The fourth-order valence-corrected chi connectivity index (χ4v) is 2.28. The third-order valence-corrected chi connectivity index (χ3v) is 3.54. The van der Waals surface area contributed by atoms with Gasteiger partial charge < -0.3 is 10.4 Å². The molecule has 1 atom stereocenters. The first kappa shape index (κ1) is 13.0. The molecule has 1 fully saturated rings. The van der Waals surface area contributed by atoms with Gasteiger partial charge in [0.1, 0.15) is 0 Å². The Hall–Kier alpha value is -0.0800. The second-order valence-electron chi connectivity index (χ2n) is 5.31. The molecule has 0 heterocycles. The zero-order chi connectivity index (χ0) is 11.1. The summed E-state index contributed by atoms with van der Waals surface area (Å²) in [6.45, 7) is 6.28. The zero-order valence-electron chi connectivity index (χ0n) is 10.3. The predicted molar refractivity (Wildman–Crippen MR) is 64.9 cm³/mol. The van der Waals surface area contributed by atoms with Crippen LogP contribution < -0.4 is 5.32 Å². The van der Waals surface area contributed by atoms with Crippen molar-refractivity contribution in [2.24, 2.45) is 11.8 Å². The highest BCUT2D eigenvalue weighted by Gasteiger charge is 2.13. The molecule has 15 heavy (non-hydrogen) atoms. The molecule has 0 bridgehead atoms. The van der Waals surface area contributed by atoms with Crippen LogP contribution in [0.3, 0.4) is 0 Å². The fourth-order valence-electron chi connectivity index (χ4n) is 2.28. The molecule has 0 aliphatic heterocycles. The van der Waals surface area contributed by atoms with Gasteiger partial charge in [0.2, 0.25) is 0 Å². The van der Waals surface area contributed by atoms with Gasteiger partial charge in [0.15, 0.2) is 0 Å². The van der Waals surface area contributed by atoms with E-state index in [1.54, 1.807) is 0 Å². The molecule has 0 spiro atoms. The van der Waals surface area contributed by atoms with E-state index in [9.17, 15) is 5.11 Å². The van der Waals surface area contributed by atoms with Crippen LogP contribution in [0.4, 0.5) is 0 Å². The Balaban J connectivity index is 1.96. The summed E-state index contributed by atoms with van der Waals surface area (Å²) in [4.78, 5) is 0. The van der Waals surface area contributed by atoms with Crippen molar-refractivity contribution in [3.63, 3.8) is 0 Å². The summed E-state index contributed by atoms with van der Waals surface area (Å²) in [5, 5.41) is 13.1. The van der Waals surface area contributed by atoms with Gasteiger partial charge in [-0.25, -0.2) is 0 Å². The number of hydrogen-bond donors (Lipinski definition) is 2. The van der Waals surface area contributed by atoms with E-state index in [2.05, 4.69) is 19.2 Å². The summed E-state index contributed by atoms with van der Waals surface area (Å²) < 4.78 is 0. The lowest BCUT2D eigenvalue weighted by molar-refractivity contribution is 0.115. The highest BCUT2D eigenvalue weighted by Crippen LogP contribution is 2.22. The molecule has 0 aromatic heterocycles. The highest BCUT2D eigenvalue weighted by atomic mass is 16.3. The largest absolute Gasteiger partial charge is 0.393 e. The third-order valence-electron chi connectivity index (χ3n) is 3.54.